The van der Waals surface area contributed by atoms with Gasteiger partial charge in [-0.3, -0.25) is 10.00 Å². The zero-order valence-corrected chi connectivity index (χ0v) is 15.8. The average Bonchev–Trinajstić information content (AvgIpc) is 3.11. The van der Waals surface area contributed by atoms with Crippen LogP contribution in [0.3, 0.4) is 0 Å². The van der Waals surface area contributed by atoms with Gasteiger partial charge in [0.05, 0.1) is 6.20 Å². The highest BCUT2D eigenvalue weighted by Crippen LogP contribution is 2.36. The maximum absolute atomic E-state index is 9.77. The number of hydrogen-bond acceptors (Lipinski definition) is 6. The second-order valence-corrected chi connectivity index (χ2v) is 7.33. The van der Waals surface area contributed by atoms with E-state index < -0.39 is 24.1 Å². The van der Waals surface area contributed by atoms with E-state index in [-0.39, 0.29) is 0 Å². The van der Waals surface area contributed by atoms with Crippen molar-refractivity contribution in [2.75, 3.05) is 19.0 Å². The van der Waals surface area contributed by atoms with Gasteiger partial charge in [0.15, 0.2) is 12.2 Å². The van der Waals surface area contributed by atoms with Crippen molar-refractivity contribution in [1.29, 1.82) is 0 Å². The zero-order chi connectivity index (χ0) is 20.1. The monoisotopic (exact) mass is 403 g/mol. The number of likely N-dealkylation sites (N-methyl/N-ethyl adjacent to an activating group) is 1. The van der Waals surface area contributed by atoms with Crippen LogP contribution >= 0.6 is 11.6 Å². The summed E-state index contributed by atoms with van der Waals surface area (Å²) >= 11 is 6.07. The molecule has 1 saturated heterocycles. The number of piperidine rings is 1. The number of H-pyrrole nitrogens is 1. The summed E-state index contributed by atoms with van der Waals surface area (Å²) in [6.45, 7) is 4.58. The van der Waals surface area contributed by atoms with E-state index in [1.165, 1.54) is 30.6 Å². The quantitative estimate of drug-likeness (QED) is 0.430. The first-order valence-corrected chi connectivity index (χ1v) is 9.44. The maximum Gasteiger partial charge on any atom is 0.335 e. The van der Waals surface area contributed by atoms with Crippen molar-refractivity contribution in [3.05, 3.63) is 17.5 Å². The van der Waals surface area contributed by atoms with Gasteiger partial charge < -0.3 is 20.4 Å². The Kier molecular flexibility index (Phi) is 7.60. The summed E-state index contributed by atoms with van der Waals surface area (Å²) in [6.07, 6.45) is 1.08. The zero-order valence-electron chi connectivity index (χ0n) is 15.1. The Balaban J connectivity index is 0.000000227. The Bertz CT molecular complexity index is 636. The third-order valence-electron chi connectivity index (χ3n) is 5.27. The largest absolute Gasteiger partial charge is 0.479 e. The number of carbonyl (C=O) groups is 2. The lowest BCUT2D eigenvalue weighted by atomic mass is 9.75. The Labute approximate surface area is 161 Å². The number of fused-ring (bicyclic) bond motifs is 2. The third-order valence-corrected chi connectivity index (χ3v) is 5.71. The summed E-state index contributed by atoms with van der Waals surface area (Å²) in [5.41, 5.74) is 2.78. The van der Waals surface area contributed by atoms with Crippen molar-refractivity contribution < 1.29 is 30.0 Å². The number of carboxylic acid groups (broad SMARTS) is 2. The minimum absolute atomic E-state index is 0.669. The van der Waals surface area contributed by atoms with Crippen LogP contribution in [0.2, 0.25) is 0 Å². The molecule has 2 aliphatic rings. The molecule has 1 fully saturated rings. The van der Waals surface area contributed by atoms with Gasteiger partial charge >= 0.3 is 11.9 Å². The van der Waals surface area contributed by atoms with Crippen LogP contribution in [-0.4, -0.2) is 84.7 Å². The number of aliphatic carboxylic acids is 2. The maximum atomic E-state index is 9.77. The van der Waals surface area contributed by atoms with Crippen LogP contribution < -0.4 is 0 Å². The molecule has 3 unspecified atom stereocenters. The van der Waals surface area contributed by atoms with Gasteiger partial charge in [-0.15, -0.1) is 11.6 Å². The first kappa shape index (κ1) is 21.6. The number of likely N-dealkylation sites (tertiary alicyclic amines) is 1. The van der Waals surface area contributed by atoms with E-state index in [0.29, 0.717) is 12.0 Å². The van der Waals surface area contributed by atoms with E-state index >= 15 is 0 Å². The fourth-order valence-electron chi connectivity index (χ4n) is 3.86. The molecule has 10 heteroatoms. The fourth-order valence-corrected chi connectivity index (χ4v) is 4.09. The molecular formula is C17H26ClN3O6. The van der Waals surface area contributed by atoms with Gasteiger partial charge in [0.2, 0.25) is 0 Å². The first-order chi connectivity index (χ1) is 12.8. The van der Waals surface area contributed by atoms with Gasteiger partial charge in [-0.25, -0.2) is 9.59 Å². The standard InChI is InChI=1S/C13H20ClN3.C4H6O6/c1-2-17-8-9(6-14)3-10-4-12-11(5-13(10)17)7-15-16-12;5-1(3(7)8)2(6)4(9)10/h7,9-10,13H,2-6,8H2,1H3,(H,15,16);1-2,5-6H,(H,7,8)(H,9,10)/t9-,10+,13?;/m0./s1. The van der Waals surface area contributed by atoms with Crippen molar-refractivity contribution in [2.24, 2.45) is 11.8 Å². The van der Waals surface area contributed by atoms with Gasteiger partial charge in [0.25, 0.3) is 0 Å². The lowest BCUT2D eigenvalue weighted by Crippen LogP contribution is -2.52. The van der Waals surface area contributed by atoms with E-state index in [4.69, 9.17) is 32.0 Å². The third kappa shape index (κ3) is 5.19. The summed E-state index contributed by atoms with van der Waals surface area (Å²) < 4.78 is 0. The highest BCUT2D eigenvalue weighted by atomic mass is 35.5. The lowest BCUT2D eigenvalue weighted by molar-refractivity contribution is -0.165. The molecule has 5 N–H and O–H groups in total. The molecule has 2 heterocycles. The number of nitrogens with zero attached hydrogens (tertiary/aromatic N) is 2. The van der Waals surface area contributed by atoms with Crippen molar-refractivity contribution in [1.82, 2.24) is 15.1 Å². The predicted molar refractivity (Wildman–Crippen MR) is 96.6 cm³/mol. The van der Waals surface area contributed by atoms with Crippen LogP contribution in [0.1, 0.15) is 24.6 Å². The Morgan fingerprint density at radius 1 is 1.30 bits per heavy atom. The van der Waals surface area contributed by atoms with Crippen molar-refractivity contribution in [2.45, 2.75) is 44.4 Å². The van der Waals surface area contributed by atoms with Crippen LogP contribution in [0.25, 0.3) is 0 Å². The van der Waals surface area contributed by atoms with Gasteiger partial charge in [0.1, 0.15) is 0 Å². The van der Waals surface area contributed by atoms with Crippen molar-refractivity contribution in [3.63, 3.8) is 0 Å². The number of aliphatic hydroxyl groups is 2. The SMILES string of the molecule is CCN1C[C@H](CCl)C[C@@H]2Cc3[nH]ncc3CC21.O=C(O)C(O)C(O)C(=O)O. The molecular weight excluding hydrogens is 378 g/mol. The van der Waals surface area contributed by atoms with Crippen LogP contribution in [0.5, 0.6) is 0 Å². The van der Waals surface area contributed by atoms with E-state index in [1.807, 2.05) is 6.20 Å². The number of hydrogen-bond donors (Lipinski definition) is 5. The number of aromatic nitrogens is 2. The number of aromatic amines is 1. The van der Waals surface area contributed by atoms with E-state index in [0.717, 1.165) is 24.8 Å². The molecule has 0 bridgehead atoms. The summed E-state index contributed by atoms with van der Waals surface area (Å²) in [4.78, 5) is 22.2. The van der Waals surface area contributed by atoms with Crippen molar-refractivity contribution in [3.8, 4) is 0 Å². The molecule has 0 aromatic carbocycles. The molecule has 0 spiro atoms. The van der Waals surface area contributed by atoms with Gasteiger partial charge in [-0.05, 0) is 43.2 Å². The topological polar surface area (TPSA) is 147 Å². The molecule has 0 saturated carbocycles. The molecule has 3 rings (SSSR count). The molecule has 0 amide bonds. The number of rotatable bonds is 5. The average molecular weight is 404 g/mol. The Morgan fingerprint density at radius 3 is 2.44 bits per heavy atom. The molecule has 1 aromatic rings. The molecule has 152 valence electrons. The normalized spacial score (nSPS) is 26.7. The molecule has 1 aliphatic carbocycles. The lowest BCUT2D eigenvalue weighted by Gasteiger charge is -2.46. The van der Waals surface area contributed by atoms with E-state index in [9.17, 15) is 9.59 Å². The molecule has 1 aliphatic heterocycles. The molecule has 27 heavy (non-hydrogen) atoms. The Morgan fingerprint density at radius 2 is 1.93 bits per heavy atom. The number of alkyl halides is 1. The van der Waals surface area contributed by atoms with Crippen LogP contribution in [0, 0.1) is 11.8 Å². The summed E-state index contributed by atoms with van der Waals surface area (Å²) in [6, 6.07) is 0.713. The Hall–Kier alpha value is -1.68. The minimum atomic E-state index is -2.27. The highest BCUT2D eigenvalue weighted by molar-refractivity contribution is 6.18. The van der Waals surface area contributed by atoms with Crippen LogP contribution in [0.4, 0.5) is 0 Å². The van der Waals surface area contributed by atoms with Crippen LogP contribution in [-0.2, 0) is 22.4 Å². The number of halogens is 1. The number of nitrogens with one attached hydrogen (secondary N) is 1. The van der Waals surface area contributed by atoms with E-state index in [1.54, 1.807) is 0 Å². The molecule has 5 atom stereocenters. The van der Waals surface area contributed by atoms with Gasteiger partial charge in [0, 0.05) is 24.2 Å². The fraction of sp³-hybridized carbons (Fsp3) is 0.706. The van der Waals surface area contributed by atoms with Crippen LogP contribution in [0.15, 0.2) is 6.20 Å². The van der Waals surface area contributed by atoms with E-state index in [2.05, 4.69) is 22.0 Å². The summed E-state index contributed by atoms with van der Waals surface area (Å²) in [7, 11) is 0. The summed E-state index contributed by atoms with van der Waals surface area (Å²) in [5, 5.41) is 39.9. The van der Waals surface area contributed by atoms with Gasteiger partial charge in [-0.2, -0.15) is 5.10 Å². The molecule has 9 nitrogen and oxygen atoms in total. The van der Waals surface area contributed by atoms with Crippen molar-refractivity contribution >= 4 is 23.5 Å². The second-order valence-electron chi connectivity index (χ2n) is 7.02. The van der Waals surface area contributed by atoms with Gasteiger partial charge in [-0.1, -0.05) is 6.92 Å². The number of aliphatic hydroxyl groups excluding tert-OH is 2. The summed E-state index contributed by atoms with van der Waals surface area (Å²) in [5.74, 6) is -1.30. The second kappa shape index (κ2) is 9.50. The molecule has 1 aromatic heterocycles. The first-order valence-electron chi connectivity index (χ1n) is 8.91. The predicted octanol–water partition coefficient (Wildman–Crippen LogP) is -0.0489. The minimum Gasteiger partial charge on any atom is -0.479 e. The number of carboxylic acids is 2. The molecule has 0 radical (unpaired) electrons. The smallest absolute Gasteiger partial charge is 0.335 e. The highest BCUT2D eigenvalue weighted by Gasteiger charge is 2.38.